The molecular weight excluding hydrogens is 146 g/mol. The van der Waals surface area contributed by atoms with Crippen LogP contribution in [0.3, 0.4) is 0 Å². The van der Waals surface area contributed by atoms with E-state index in [0.29, 0.717) is 13.2 Å². The molecule has 0 saturated heterocycles. The van der Waals surface area contributed by atoms with Crippen molar-refractivity contribution in [3.8, 4) is 0 Å². The fourth-order valence-corrected chi connectivity index (χ4v) is 0.503. The Morgan fingerprint density at radius 3 is 2.45 bits per heavy atom. The molecule has 11 heavy (non-hydrogen) atoms. The van der Waals surface area contributed by atoms with Crippen LogP contribution in [0.25, 0.3) is 0 Å². The third-order valence-electron chi connectivity index (χ3n) is 1.29. The maximum absolute atomic E-state index is 9.89. The van der Waals surface area contributed by atoms with Crippen molar-refractivity contribution in [2.24, 2.45) is 5.18 Å². The Bertz CT molecular complexity index is 108. The minimum absolute atomic E-state index is 0.0776. The van der Waals surface area contributed by atoms with Gasteiger partial charge in [-0.15, -0.1) is 0 Å². The van der Waals surface area contributed by atoms with Gasteiger partial charge in [0.15, 0.2) is 0 Å². The van der Waals surface area contributed by atoms with Crippen LogP contribution in [0.1, 0.15) is 13.8 Å². The Kier molecular flexibility index (Phi) is 5.97. The molecule has 0 spiro atoms. The van der Waals surface area contributed by atoms with Gasteiger partial charge in [0, 0.05) is 7.11 Å². The highest BCUT2D eigenvalue weighted by Gasteiger charge is 2.02. The van der Waals surface area contributed by atoms with Gasteiger partial charge in [-0.05, 0) is 13.8 Å². The topological polar surface area (TPSA) is 47.9 Å². The van der Waals surface area contributed by atoms with Crippen LogP contribution in [0, 0.1) is 4.91 Å². The third kappa shape index (κ3) is 5.94. The summed E-state index contributed by atoms with van der Waals surface area (Å²) >= 11 is 0. The molecule has 0 amide bonds. The standard InChI is InChI=1S/C7H15NO3/c1-6(8-9)4-11-5-7(2)10-3/h6-7H,4-5H2,1-3H3. The van der Waals surface area contributed by atoms with E-state index < -0.39 is 0 Å². The number of nitroso groups, excluding NO2 is 1. The Morgan fingerprint density at radius 2 is 2.00 bits per heavy atom. The highest BCUT2D eigenvalue weighted by Crippen LogP contribution is 1.93. The fraction of sp³-hybridized carbons (Fsp3) is 1.00. The van der Waals surface area contributed by atoms with E-state index in [4.69, 9.17) is 9.47 Å². The zero-order valence-electron chi connectivity index (χ0n) is 7.24. The van der Waals surface area contributed by atoms with Gasteiger partial charge in [-0.3, -0.25) is 0 Å². The largest absolute Gasteiger partial charge is 0.379 e. The van der Waals surface area contributed by atoms with E-state index in [1.165, 1.54) is 0 Å². The number of methoxy groups -OCH3 is 1. The molecular formula is C7H15NO3. The van der Waals surface area contributed by atoms with Crippen molar-refractivity contribution >= 4 is 0 Å². The summed E-state index contributed by atoms with van der Waals surface area (Å²) in [5, 5.41) is 2.80. The molecule has 0 aromatic heterocycles. The van der Waals surface area contributed by atoms with Crippen LogP contribution in [0.15, 0.2) is 5.18 Å². The molecule has 2 unspecified atom stereocenters. The second-order valence-electron chi connectivity index (χ2n) is 2.54. The first-order valence-corrected chi connectivity index (χ1v) is 3.63. The Labute approximate surface area is 66.9 Å². The van der Waals surface area contributed by atoms with E-state index in [-0.39, 0.29) is 12.1 Å². The van der Waals surface area contributed by atoms with Gasteiger partial charge in [0.1, 0.15) is 6.04 Å². The van der Waals surface area contributed by atoms with Gasteiger partial charge < -0.3 is 9.47 Å². The molecule has 0 aliphatic rings. The molecule has 0 bridgehead atoms. The zero-order chi connectivity index (χ0) is 8.69. The lowest BCUT2D eigenvalue weighted by molar-refractivity contribution is 0.0155. The first-order valence-electron chi connectivity index (χ1n) is 3.63. The lowest BCUT2D eigenvalue weighted by Gasteiger charge is -2.10. The van der Waals surface area contributed by atoms with E-state index in [1.807, 2.05) is 6.92 Å². The Balaban J connectivity index is 3.19. The summed E-state index contributed by atoms with van der Waals surface area (Å²) in [7, 11) is 1.62. The predicted octanol–water partition coefficient (Wildman–Crippen LogP) is 1.19. The average molecular weight is 161 g/mol. The maximum atomic E-state index is 9.89. The van der Waals surface area contributed by atoms with Gasteiger partial charge >= 0.3 is 0 Å². The number of rotatable bonds is 6. The smallest absolute Gasteiger partial charge is 0.112 e. The summed E-state index contributed by atoms with van der Waals surface area (Å²) in [4.78, 5) is 9.89. The van der Waals surface area contributed by atoms with Crippen molar-refractivity contribution in [1.29, 1.82) is 0 Å². The summed E-state index contributed by atoms with van der Waals surface area (Å²) in [6.45, 7) is 4.50. The van der Waals surface area contributed by atoms with Gasteiger partial charge in [-0.2, -0.15) is 4.91 Å². The molecule has 2 atom stereocenters. The van der Waals surface area contributed by atoms with Gasteiger partial charge in [0.2, 0.25) is 0 Å². The van der Waals surface area contributed by atoms with E-state index in [1.54, 1.807) is 14.0 Å². The second kappa shape index (κ2) is 6.24. The van der Waals surface area contributed by atoms with Crippen molar-refractivity contribution < 1.29 is 9.47 Å². The Morgan fingerprint density at radius 1 is 1.36 bits per heavy atom. The summed E-state index contributed by atoms with van der Waals surface area (Å²) < 4.78 is 10.1. The molecule has 0 saturated carbocycles. The molecule has 66 valence electrons. The van der Waals surface area contributed by atoms with Crippen molar-refractivity contribution in [3.63, 3.8) is 0 Å². The van der Waals surface area contributed by atoms with Crippen LogP contribution < -0.4 is 0 Å². The van der Waals surface area contributed by atoms with Crippen LogP contribution in [-0.4, -0.2) is 32.5 Å². The normalized spacial score (nSPS) is 15.9. The molecule has 4 nitrogen and oxygen atoms in total. The summed E-state index contributed by atoms with van der Waals surface area (Å²) in [6, 6.07) is -0.265. The summed E-state index contributed by atoms with van der Waals surface area (Å²) in [5.74, 6) is 0. The van der Waals surface area contributed by atoms with Gasteiger partial charge in [-0.25, -0.2) is 0 Å². The number of hydrogen-bond acceptors (Lipinski definition) is 4. The average Bonchev–Trinajstić information content (AvgIpc) is 2.04. The monoisotopic (exact) mass is 161 g/mol. The molecule has 0 aromatic rings. The molecule has 0 N–H and O–H groups in total. The lowest BCUT2D eigenvalue weighted by atomic mass is 10.4. The lowest BCUT2D eigenvalue weighted by Crippen LogP contribution is -2.17. The number of ether oxygens (including phenoxy) is 2. The van der Waals surface area contributed by atoms with E-state index in [2.05, 4.69) is 5.18 Å². The van der Waals surface area contributed by atoms with Gasteiger partial charge in [0.05, 0.1) is 19.3 Å². The molecule has 0 radical (unpaired) electrons. The SMILES string of the molecule is COC(C)COCC(C)N=O. The fourth-order valence-electron chi connectivity index (χ4n) is 0.503. The molecule has 4 heteroatoms. The van der Waals surface area contributed by atoms with Gasteiger partial charge in [-0.1, -0.05) is 5.18 Å². The quantitative estimate of drug-likeness (QED) is 0.550. The van der Waals surface area contributed by atoms with E-state index in [9.17, 15) is 4.91 Å². The molecule has 0 aliphatic carbocycles. The first kappa shape index (κ1) is 10.5. The molecule has 0 rings (SSSR count). The van der Waals surface area contributed by atoms with Crippen molar-refractivity contribution in [2.75, 3.05) is 20.3 Å². The van der Waals surface area contributed by atoms with E-state index >= 15 is 0 Å². The van der Waals surface area contributed by atoms with Gasteiger partial charge in [0.25, 0.3) is 0 Å². The van der Waals surface area contributed by atoms with E-state index in [0.717, 1.165) is 0 Å². The van der Waals surface area contributed by atoms with Crippen LogP contribution in [0.5, 0.6) is 0 Å². The van der Waals surface area contributed by atoms with Crippen molar-refractivity contribution in [2.45, 2.75) is 26.0 Å². The maximum Gasteiger partial charge on any atom is 0.112 e. The summed E-state index contributed by atoms with van der Waals surface area (Å²) in [5.41, 5.74) is 0. The first-order chi connectivity index (χ1) is 5.20. The highest BCUT2D eigenvalue weighted by molar-refractivity contribution is 4.56. The van der Waals surface area contributed by atoms with Crippen molar-refractivity contribution in [1.82, 2.24) is 0 Å². The molecule has 0 aromatic carbocycles. The number of nitrogens with zero attached hydrogens (tertiary/aromatic N) is 1. The third-order valence-corrected chi connectivity index (χ3v) is 1.29. The van der Waals surface area contributed by atoms with Crippen LogP contribution in [-0.2, 0) is 9.47 Å². The van der Waals surface area contributed by atoms with Crippen molar-refractivity contribution in [3.05, 3.63) is 4.91 Å². The predicted molar refractivity (Wildman–Crippen MR) is 42.5 cm³/mol. The minimum atomic E-state index is -0.265. The summed E-state index contributed by atoms with van der Waals surface area (Å²) in [6.07, 6.45) is 0.0776. The minimum Gasteiger partial charge on any atom is -0.379 e. The van der Waals surface area contributed by atoms with Crippen LogP contribution >= 0.6 is 0 Å². The Hall–Kier alpha value is -0.480. The second-order valence-corrected chi connectivity index (χ2v) is 2.54. The van der Waals surface area contributed by atoms with Crippen LogP contribution in [0.4, 0.5) is 0 Å². The zero-order valence-corrected chi connectivity index (χ0v) is 7.24. The molecule has 0 fully saturated rings. The molecule has 0 aliphatic heterocycles. The molecule has 0 heterocycles. The number of hydrogen-bond donors (Lipinski definition) is 0. The highest BCUT2D eigenvalue weighted by atomic mass is 16.5. The van der Waals surface area contributed by atoms with Crippen LogP contribution in [0.2, 0.25) is 0 Å².